The summed E-state index contributed by atoms with van der Waals surface area (Å²) in [6, 6.07) is 0. The van der Waals surface area contributed by atoms with Crippen LogP contribution in [0.5, 0.6) is 0 Å². The zero-order chi connectivity index (χ0) is 11.9. The third-order valence-electron chi connectivity index (χ3n) is 5.18. The second-order valence-electron chi connectivity index (χ2n) is 6.32. The van der Waals surface area contributed by atoms with Gasteiger partial charge < -0.3 is 0 Å². The number of hydrogen-bond acceptors (Lipinski definition) is 1. The largest absolute Gasteiger partial charge is 0.295 e. The number of ketones is 1. The van der Waals surface area contributed by atoms with E-state index in [9.17, 15) is 4.79 Å². The highest BCUT2D eigenvalue weighted by Gasteiger charge is 2.46. The van der Waals surface area contributed by atoms with Crippen molar-refractivity contribution in [3.8, 4) is 0 Å². The van der Waals surface area contributed by atoms with Crippen LogP contribution in [0.25, 0.3) is 0 Å². The molecule has 0 spiro atoms. The Morgan fingerprint density at radius 1 is 1.31 bits per heavy atom. The first-order valence-corrected chi connectivity index (χ1v) is 6.64. The van der Waals surface area contributed by atoms with E-state index in [1.165, 1.54) is 24.8 Å². The highest BCUT2D eigenvalue weighted by molar-refractivity contribution is 5.97. The van der Waals surface area contributed by atoms with Gasteiger partial charge in [0, 0.05) is 6.42 Å². The predicted octanol–water partition coefficient (Wildman–Crippen LogP) is 4.13. The van der Waals surface area contributed by atoms with Crippen LogP contribution < -0.4 is 0 Å². The third-order valence-corrected chi connectivity index (χ3v) is 5.18. The van der Waals surface area contributed by atoms with Crippen LogP contribution in [-0.4, -0.2) is 5.78 Å². The van der Waals surface area contributed by atoms with Crippen LogP contribution in [0.3, 0.4) is 0 Å². The maximum absolute atomic E-state index is 12.1. The molecular formula is C15H24O. The van der Waals surface area contributed by atoms with E-state index in [4.69, 9.17) is 0 Å². The molecule has 90 valence electrons. The summed E-state index contributed by atoms with van der Waals surface area (Å²) >= 11 is 0. The first-order chi connectivity index (χ1) is 7.45. The van der Waals surface area contributed by atoms with E-state index in [-0.39, 0.29) is 0 Å². The molecule has 2 aliphatic rings. The summed E-state index contributed by atoms with van der Waals surface area (Å²) in [4.78, 5) is 12.1. The quantitative estimate of drug-likeness (QED) is 0.561. The second kappa shape index (κ2) is 4.01. The fourth-order valence-electron chi connectivity index (χ4n) is 3.67. The predicted molar refractivity (Wildman–Crippen MR) is 67.2 cm³/mol. The van der Waals surface area contributed by atoms with Gasteiger partial charge in [-0.3, -0.25) is 4.79 Å². The van der Waals surface area contributed by atoms with Gasteiger partial charge in [-0.2, -0.15) is 0 Å². The normalized spacial score (nSPS) is 39.5. The van der Waals surface area contributed by atoms with Crippen LogP contribution in [0.2, 0.25) is 0 Å². The van der Waals surface area contributed by atoms with Gasteiger partial charge in [-0.1, -0.05) is 32.3 Å². The van der Waals surface area contributed by atoms with Gasteiger partial charge in [0.15, 0.2) is 5.78 Å². The van der Waals surface area contributed by atoms with Gasteiger partial charge >= 0.3 is 0 Å². The van der Waals surface area contributed by atoms with E-state index in [1.54, 1.807) is 0 Å². The average Bonchev–Trinajstić information content (AvgIpc) is 2.20. The standard InChI is InChI=1S/C15H24O/c1-10(2)13-9-15(4)11(3)6-5-7-12(15)8-14(13)16/h11-12H,5-9H2,1-4H3. The van der Waals surface area contributed by atoms with Gasteiger partial charge in [0.2, 0.25) is 0 Å². The van der Waals surface area contributed by atoms with Crippen molar-refractivity contribution in [2.24, 2.45) is 17.3 Å². The molecule has 0 aliphatic heterocycles. The van der Waals surface area contributed by atoms with Crippen molar-refractivity contribution >= 4 is 5.78 Å². The summed E-state index contributed by atoms with van der Waals surface area (Å²) in [5.41, 5.74) is 2.76. The summed E-state index contributed by atoms with van der Waals surface area (Å²) in [7, 11) is 0. The van der Waals surface area contributed by atoms with Crippen molar-refractivity contribution < 1.29 is 4.79 Å². The molecule has 2 aliphatic carbocycles. The lowest BCUT2D eigenvalue weighted by Crippen LogP contribution is -2.43. The SMILES string of the molecule is CC(C)=C1CC2(C)C(C)CCCC2CC1=O. The van der Waals surface area contributed by atoms with E-state index in [2.05, 4.69) is 27.7 Å². The van der Waals surface area contributed by atoms with Crippen LogP contribution in [0.4, 0.5) is 0 Å². The molecular weight excluding hydrogens is 196 g/mol. The molecule has 0 bridgehead atoms. The lowest BCUT2D eigenvalue weighted by atomic mass is 9.54. The maximum atomic E-state index is 12.1. The zero-order valence-corrected chi connectivity index (χ0v) is 11.1. The number of rotatable bonds is 0. The Morgan fingerprint density at radius 2 is 2.00 bits per heavy atom. The summed E-state index contributed by atoms with van der Waals surface area (Å²) < 4.78 is 0. The molecule has 0 amide bonds. The van der Waals surface area contributed by atoms with Crippen molar-refractivity contribution in [2.75, 3.05) is 0 Å². The van der Waals surface area contributed by atoms with Crippen LogP contribution in [0.15, 0.2) is 11.1 Å². The van der Waals surface area contributed by atoms with Gasteiger partial charge in [0.05, 0.1) is 0 Å². The molecule has 0 aromatic carbocycles. The summed E-state index contributed by atoms with van der Waals surface area (Å²) in [5.74, 6) is 1.84. The molecule has 3 unspecified atom stereocenters. The molecule has 0 heterocycles. The van der Waals surface area contributed by atoms with Crippen molar-refractivity contribution in [2.45, 2.75) is 59.8 Å². The van der Waals surface area contributed by atoms with E-state index in [1.807, 2.05) is 0 Å². The Morgan fingerprint density at radius 3 is 2.62 bits per heavy atom. The first-order valence-electron chi connectivity index (χ1n) is 6.64. The molecule has 2 fully saturated rings. The number of Topliss-reactive ketones (excluding diaryl/α,β-unsaturated/α-hetero) is 1. The molecule has 1 nitrogen and oxygen atoms in total. The molecule has 0 aromatic rings. The Kier molecular flexibility index (Phi) is 2.98. The topological polar surface area (TPSA) is 17.1 Å². The number of carbonyl (C=O) groups excluding carboxylic acids is 1. The molecule has 0 N–H and O–H groups in total. The highest BCUT2D eigenvalue weighted by Crippen LogP contribution is 2.53. The van der Waals surface area contributed by atoms with Gasteiger partial charge in [0.25, 0.3) is 0 Å². The van der Waals surface area contributed by atoms with E-state index >= 15 is 0 Å². The minimum absolute atomic E-state index is 0.388. The molecule has 0 radical (unpaired) electrons. The maximum Gasteiger partial charge on any atom is 0.159 e. The number of allylic oxidation sites excluding steroid dienone is 2. The Bertz CT molecular complexity index is 335. The summed E-state index contributed by atoms with van der Waals surface area (Å²) in [6.45, 7) is 8.97. The Balaban J connectivity index is 2.32. The number of fused-ring (bicyclic) bond motifs is 1. The van der Waals surface area contributed by atoms with E-state index < -0.39 is 0 Å². The Hall–Kier alpha value is -0.590. The first kappa shape index (κ1) is 11.9. The minimum atomic E-state index is 0.388. The summed E-state index contributed by atoms with van der Waals surface area (Å²) in [5, 5.41) is 0. The average molecular weight is 220 g/mol. The number of carbonyl (C=O) groups is 1. The lowest BCUT2D eigenvalue weighted by Gasteiger charge is -2.49. The monoisotopic (exact) mass is 220 g/mol. The van der Waals surface area contributed by atoms with Gasteiger partial charge in [-0.05, 0) is 49.5 Å². The van der Waals surface area contributed by atoms with Gasteiger partial charge in [-0.15, -0.1) is 0 Å². The van der Waals surface area contributed by atoms with Crippen molar-refractivity contribution in [1.29, 1.82) is 0 Å². The number of hydrogen-bond donors (Lipinski definition) is 0. The van der Waals surface area contributed by atoms with Crippen LogP contribution in [-0.2, 0) is 4.79 Å². The second-order valence-corrected chi connectivity index (χ2v) is 6.32. The van der Waals surface area contributed by atoms with Crippen LogP contribution in [0.1, 0.15) is 59.8 Å². The van der Waals surface area contributed by atoms with Crippen molar-refractivity contribution in [3.63, 3.8) is 0 Å². The Labute approximate surface area is 99.3 Å². The molecule has 2 rings (SSSR count). The third kappa shape index (κ3) is 1.74. The molecule has 1 heteroatoms. The fraction of sp³-hybridized carbons (Fsp3) is 0.800. The molecule has 0 aromatic heterocycles. The zero-order valence-electron chi connectivity index (χ0n) is 11.1. The van der Waals surface area contributed by atoms with E-state index in [0.29, 0.717) is 17.1 Å². The lowest BCUT2D eigenvalue weighted by molar-refractivity contribution is -0.122. The molecule has 3 atom stereocenters. The smallest absolute Gasteiger partial charge is 0.159 e. The van der Waals surface area contributed by atoms with Gasteiger partial charge in [-0.25, -0.2) is 0 Å². The van der Waals surface area contributed by atoms with Gasteiger partial charge in [0.1, 0.15) is 0 Å². The molecule has 0 saturated heterocycles. The van der Waals surface area contributed by atoms with Crippen LogP contribution in [0, 0.1) is 17.3 Å². The minimum Gasteiger partial charge on any atom is -0.295 e. The fourth-order valence-corrected chi connectivity index (χ4v) is 3.67. The molecule has 2 saturated carbocycles. The van der Waals surface area contributed by atoms with Crippen molar-refractivity contribution in [1.82, 2.24) is 0 Å². The van der Waals surface area contributed by atoms with Crippen molar-refractivity contribution in [3.05, 3.63) is 11.1 Å². The molecule has 16 heavy (non-hydrogen) atoms. The summed E-state index contributed by atoms with van der Waals surface area (Å²) in [6.07, 6.45) is 5.76. The van der Waals surface area contributed by atoms with E-state index in [0.717, 1.165) is 24.3 Å². The van der Waals surface area contributed by atoms with Crippen LogP contribution >= 0.6 is 0 Å². The highest BCUT2D eigenvalue weighted by atomic mass is 16.1.